The molecular formula is C12H13N3. The van der Waals surface area contributed by atoms with Gasteiger partial charge in [0.05, 0.1) is 5.66 Å². The summed E-state index contributed by atoms with van der Waals surface area (Å²) in [6.07, 6.45) is 2.51. The van der Waals surface area contributed by atoms with Gasteiger partial charge in [-0.1, -0.05) is 30.3 Å². The predicted octanol–water partition coefficient (Wildman–Crippen LogP) is 0.771. The Kier molecular flexibility index (Phi) is 1.45. The molecule has 3 nitrogen and oxygen atoms in total. The third-order valence-electron chi connectivity index (χ3n) is 3.13. The molecule has 0 heterocycles. The SMILES string of the molecule is NC1=CCC(N)(N)C2=C1c1ccccc12. The molecule has 76 valence electrons. The highest BCUT2D eigenvalue weighted by Crippen LogP contribution is 2.49. The normalized spacial score (nSPS) is 21.3. The minimum Gasteiger partial charge on any atom is -0.398 e. The Morgan fingerprint density at radius 3 is 2.47 bits per heavy atom. The van der Waals surface area contributed by atoms with E-state index in [0.29, 0.717) is 6.42 Å². The van der Waals surface area contributed by atoms with Crippen molar-refractivity contribution < 1.29 is 0 Å². The highest BCUT2D eigenvalue weighted by molar-refractivity contribution is 6.12. The van der Waals surface area contributed by atoms with Gasteiger partial charge in [0.15, 0.2) is 0 Å². The van der Waals surface area contributed by atoms with Gasteiger partial charge in [-0.25, -0.2) is 0 Å². The summed E-state index contributed by atoms with van der Waals surface area (Å²) in [6.45, 7) is 0. The van der Waals surface area contributed by atoms with Gasteiger partial charge in [0.2, 0.25) is 0 Å². The fraction of sp³-hybridized carbons (Fsp3) is 0.167. The molecule has 0 aliphatic heterocycles. The van der Waals surface area contributed by atoms with Crippen molar-refractivity contribution in [2.24, 2.45) is 17.2 Å². The Balaban J connectivity index is 2.24. The Morgan fingerprint density at radius 2 is 1.73 bits per heavy atom. The summed E-state index contributed by atoms with van der Waals surface area (Å²) in [4.78, 5) is 0. The zero-order chi connectivity index (χ0) is 10.6. The van der Waals surface area contributed by atoms with E-state index >= 15 is 0 Å². The highest BCUT2D eigenvalue weighted by atomic mass is 15.0. The number of hydrogen-bond acceptors (Lipinski definition) is 3. The molecular weight excluding hydrogens is 186 g/mol. The van der Waals surface area contributed by atoms with Crippen LogP contribution < -0.4 is 17.2 Å². The minimum atomic E-state index is -0.757. The molecule has 2 aliphatic carbocycles. The van der Waals surface area contributed by atoms with E-state index < -0.39 is 5.66 Å². The van der Waals surface area contributed by atoms with Crippen molar-refractivity contribution in [3.8, 4) is 0 Å². The summed E-state index contributed by atoms with van der Waals surface area (Å²) < 4.78 is 0. The van der Waals surface area contributed by atoms with Crippen LogP contribution in [0.2, 0.25) is 0 Å². The van der Waals surface area contributed by atoms with Crippen LogP contribution >= 0.6 is 0 Å². The standard InChI is InChI=1S/C12H13N3/c13-9-5-6-12(14,15)11-8-4-2-1-3-7(8)10(9)11/h1-5H,6,13-15H2. The molecule has 6 N–H and O–H groups in total. The first kappa shape index (κ1) is 8.71. The van der Waals surface area contributed by atoms with Crippen LogP contribution in [0.15, 0.2) is 36.0 Å². The molecule has 3 heteroatoms. The number of hydrogen-bond donors (Lipinski definition) is 3. The van der Waals surface area contributed by atoms with Gasteiger partial charge in [-0.2, -0.15) is 0 Å². The van der Waals surface area contributed by atoms with E-state index in [1.807, 2.05) is 24.3 Å². The first-order valence-electron chi connectivity index (χ1n) is 4.99. The van der Waals surface area contributed by atoms with Crippen molar-refractivity contribution in [2.45, 2.75) is 12.1 Å². The number of allylic oxidation sites excluding steroid dienone is 1. The van der Waals surface area contributed by atoms with E-state index in [0.717, 1.165) is 22.4 Å². The maximum atomic E-state index is 6.06. The van der Waals surface area contributed by atoms with Crippen molar-refractivity contribution >= 4 is 11.1 Å². The van der Waals surface area contributed by atoms with Crippen LogP contribution in [-0.2, 0) is 0 Å². The van der Waals surface area contributed by atoms with E-state index in [4.69, 9.17) is 17.2 Å². The van der Waals surface area contributed by atoms with Crippen molar-refractivity contribution in [2.75, 3.05) is 0 Å². The summed E-state index contributed by atoms with van der Waals surface area (Å²) >= 11 is 0. The fourth-order valence-electron chi connectivity index (χ4n) is 2.39. The molecule has 0 radical (unpaired) electrons. The average molecular weight is 199 g/mol. The molecule has 0 atom stereocenters. The Bertz CT molecular complexity index is 509. The van der Waals surface area contributed by atoms with Crippen molar-refractivity contribution in [3.63, 3.8) is 0 Å². The molecule has 1 aromatic rings. The smallest absolute Gasteiger partial charge is 0.0948 e. The number of fused-ring (bicyclic) bond motifs is 3. The van der Waals surface area contributed by atoms with Gasteiger partial charge in [0.1, 0.15) is 0 Å². The molecule has 0 unspecified atom stereocenters. The van der Waals surface area contributed by atoms with Gasteiger partial charge >= 0.3 is 0 Å². The van der Waals surface area contributed by atoms with Crippen LogP contribution in [0.1, 0.15) is 17.5 Å². The van der Waals surface area contributed by atoms with Crippen LogP contribution in [0.5, 0.6) is 0 Å². The van der Waals surface area contributed by atoms with E-state index in [1.54, 1.807) is 0 Å². The monoisotopic (exact) mass is 199 g/mol. The lowest BCUT2D eigenvalue weighted by atomic mass is 9.70. The van der Waals surface area contributed by atoms with E-state index in [9.17, 15) is 0 Å². The first-order valence-corrected chi connectivity index (χ1v) is 4.99. The molecule has 0 bridgehead atoms. The van der Waals surface area contributed by atoms with Crippen LogP contribution in [0.4, 0.5) is 0 Å². The van der Waals surface area contributed by atoms with Gasteiger partial charge in [-0.15, -0.1) is 0 Å². The van der Waals surface area contributed by atoms with Gasteiger partial charge < -0.3 is 17.2 Å². The predicted molar refractivity (Wildman–Crippen MR) is 61.2 cm³/mol. The summed E-state index contributed by atoms with van der Waals surface area (Å²) in [6, 6.07) is 8.09. The molecule has 0 fully saturated rings. The molecule has 0 amide bonds. The zero-order valence-corrected chi connectivity index (χ0v) is 8.33. The number of rotatable bonds is 0. The molecule has 2 aliphatic rings. The van der Waals surface area contributed by atoms with Crippen molar-refractivity contribution in [3.05, 3.63) is 47.2 Å². The molecule has 0 saturated carbocycles. The second-order valence-corrected chi connectivity index (χ2v) is 4.20. The molecule has 1 aromatic carbocycles. The molecule has 3 rings (SSSR count). The van der Waals surface area contributed by atoms with Crippen LogP contribution in [0.25, 0.3) is 11.1 Å². The zero-order valence-electron chi connectivity index (χ0n) is 8.33. The Hall–Kier alpha value is -1.58. The summed E-state index contributed by atoms with van der Waals surface area (Å²) in [5.74, 6) is 0. The third kappa shape index (κ3) is 0.963. The lowest BCUT2D eigenvalue weighted by Gasteiger charge is -2.40. The van der Waals surface area contributed by atoms with Crippen LogP contribution in [0.3, 0.4) is 0 Å². The fourth-order valence-corrected chi connectivity index (χ4v) is 2.39. The summed E-state index contributed by atoms with van der Waals surface area (Å²) in [7, 11) is 0. The summed E-state index contributed by atoms with van der Waals surface area (Å²) in [5.41, 5.74) is 22.5. The highest BCUT2D eigenvalue weighted by Gasteiger charge is 2.40. The number of benzene rings is 1. The maximum Gasteiger partial charge on any atom is 0.0948 e. The molecule has 15 heavy (non-hydrogen) atoms. The van der Waals surface area contributed by atoms with E-state index in [-0.39, 0.29) is 0 Å². The molecule has 0 saturated heterocycles. The van der Waals surface area contributed by atoms with E-state index in [2.05, 4.69) is 6.07 Å². The second-order valence-electron chi connectivity index (χ2n) is 4.20. The van der Waals surface area contributed by atoms with Gasteiger partial charge in [-0.05, 0) is 11.1 Å². The lowest BCUT2D eigenvalue weighted by molar-refractivity contribution is 0.572. The average Bonchev–Trinajstić information content (AvgIpc) is 2.15. The largest absolute Gasteiger partial charge is 0.398 e. The second kappa shape index (κ2) is 2.51. The van der Waals surface area contributed by atoms with E-state index in [1.165, 1.54) is 5.56 Å². The van der Waals surface area contributed by atoms with Gasteiger partial charge in [-0.3, -0.25) is 0 Å². The Labute approximate surface area is 88.2 Å². The summed E-state index contributed by atoms with van der Waals surface area (Å²) in [5, 5.41) is 0. The number of nitrogens with two attached hydrogens (primary N) is 3. The van der Waals surface area contributed by atoms with Crippen LogP contribution in [-0.4, -0.2) is 5.66 Å². The first-order chi connectivity index (χ1) is 7.11. The molecule has 0 aromatic heterocycles. The maximum absolute atomic E-state index is 6.06. The van der Waals surface area contributed by atoms with Crippen molar-refractivity contribution in [1.82, 2.24) is 0 Å². The lowest BCUT2D eigenvalue weighted by Crippen LogP contribution is -2.53. The molecule has 0 spiro atoms. The minimum absolute atomic E-state index is 0.603. The van der Waals surface area contributed by atoms with Gasteiger partial charge in [0.25, 0.3) is 0 Å². The van der Waals surface area contributed by atoms with Gasteiger partial charge in [0, 0.05) is 23.3 Å². The topological polar surface area (TPSA) is 78.1 Å². The third-order valence-corrected chi connectivity index (χ3v) is 3.13. The van der Waals surface area contributed by atoms with Crippen LogP contribution in [0, 0.1) is 0 Å². The van der Waals surface area contributed by atoms with Crippen molar-refractivity contribution in [1.29, 1.82) is 0 Å². The Morgan fingerprint density at radius 1 is 1.07 bits per heavy atom. The quantitative estimate of drug-likeness (QED) is 0.540.